The van der Waals surface area contributed by atoms with Gasteiger partial charge in [0, 0.05) is 5.56 Å². The van der Waals surface area contributed by atoms with Gasteiger partial charge in [-0.25, -0.2) is 4.98 Å². The molecule has 0 aliphatic carbocycles. The molecule has 0 unspecified atom stereocenters. The number of nitrogens with zero attached hydrogens (tertiary/aromatic N) is 2. The van der Waals surface area contributed by atoms with Crippen LogP contribution in [0.1, 0.15) is 4.88 Å². The molecule has 0 saturated carbocycles. The van der Waals surface area contributed by atoms with E-state index in [-0.39, 0.29) is 0 Å². The smallest absolute Gasteiger partial charge is 0.181 e. The molecule has 17 heavy (non-hydrogen) atoms. The first-order valence-electron chi connectivity index (χ1n) is 4.66. The normalized spacial score (nSPS) is 9.94. The summed E-state index contributed by atoms with van der Waals surface area (Å²) in [4.78, 5) is 4.67. The number of anilines is 1. The Hall–Kier alpha value is -1.58. The van der Waals surface area contributed by atoms with Crippen molar-refractivity contribution < 1.29 is 4.74 Å². The molecule has 0 amide bonds. The Kier molecular flexibility index (Phi) is 3.31. The molecule has 6 heteroatoms. The zero-order valence-electron chi connectivity index (χ0n) is 8.90. The van der Waals surface area contributed by atoms with E-state index in [0.29, 0.717) is 15.7 Å². The lowest BCUT2D eigenvalue weighted by molar-refractivity contribution is 0.412. The molecule has 2 aromatic rings. The maximum Gasteiger partial charge on any atom is 0.181 e. The summed E-state index contributed by atoms with van der Waals surface area (Å²) in [5.74, 6) is 0.732. The van der Waals surface area contributed by atoms with Gasteiger partial charge < -0.3 is 10.5 Å². The Morgan fingerprint density at radius 2 is 2.29 bits per heavy atom. The monoisotopic (exact) mass is 309 g/mol. The Bertz CT molecular complexity index is 603. The number of thiazole rings is 1. The van der Waals surface area contributed by atoms with Gasteiger partial charge in [0.1, 0.15) is 22.4 Å². The molecule has 1 aromatic carbocycles. The van der Waals surface area contributed by atoms with Crippen molar-refractivity contribution in [3.63, 3.8) is 0 Å². The van der Waals surface area contributed by atoms with Crippen LogP contribution in [0.4, 0.5) is 5.13 Å². The van der Waals surface area contributed by atoms with Gasteiger partial charge in [0.2, 0.25) is 0 Å². The lowest BCUT2D eigenvalue weighted by Gasteiger charge is -2.04. The third kappa shape index (κ3) is 2.25. The Morgan fingerprint density at radius 1 is 1.53 bits per heavy atom. The van der Waals surface area contributed by atoms with E-state index < -0.39 is 0 Å². The highest BCUT2D eigenvalue weighted by Crippen LogP contribution is 2.33. The molecule has 1 heterocycles. The number of hydrogen-bond donors (Lipinski definition) is 1. The third-order valence-electron chi connectivity index (χ3n) is 2.17. The van der Waals surface area contributed by atoms with Crippen LogP contribution in [0.15, 0.2) is 22.7 Å². The summed E-state index contributed by atoms with van der Waals surface area (Å²) in [6.07, 6.45) is 0. The molecule has 0 fully saturated rings. The van der Waals surface area contributed by atoms with Crippen LogP contribution in [0.2, 0.25) is 0 Å². The van der Waals surface area contributed by atoms with E-state index >= 15 is 0 Å². The van der Waals surface area contributed by atoms with Crippen molar-refractivity contribution in [2.75, 3.05) is 12.8 Å². The van der Waals surface area contributed by atoms with Crippen LogP contribution in [-0.4, -0.2) is 12.1 Å². The van der Waals surface area contributed by atoms with E-state index in [2.05, 4.69) is 27.0 Å². The van der Waals surface area contributed by atoms with Crippen molar-refractivity contribution in [2.45, 2.75) is 0 Å². The number of nitrogen functional groups attached to an aromatic ring is 1. The van der Waals surface area contributed by atoms with Gasteiger partial charge in [0.05, 0.1) is 11.6 Å². The van der Waals surface area contributed by atoms with Crippen molar-refractivity contribution in [3.8, 4) is 23.1 Å². The van der Waals surface area contributed by atoms with Crippen LogP contribution in [0.3, 0.4) is 0 Å². The predicted molar refractivity (Wildman–Crippen MR) is 70.9 cm³/mol. The molecule has 0 atom stereocenters. The second-order valence-electron chi connectivity index (χ2n) is 3.19. The number of methoxy groups -OCH3 is 1. The van der Waals surface area contributed by atoms with Crippen LogP contribution < -0.4 is 10.5 Å². The first kappa shape index (κ1) is 11.9. The lowest BCUT2D eigenvalue weighted by atomic mass is 10.1. The number of nitriles is 1. The lowest BCUT2D eigenvalue weighted by Crippen LogP contribution is -1.87. The van der Waals surface area contributed by atoms with E-state index in [0.717, 1.165) is 15.8 Å². The van der Waals surface area contributed by atoms with Crippen molar-refractivity contribution in [1.82, 2.24) is 4.98 Å². The van der Waals surface area contributed by atoms with Crippen molar-refractivity contribution >= 4 is 32.4 Å². The Labute approximate surface area is 111 Å². The number of ether oxygens (including phenoxy) is 1. The summed E-state index contributed by atoms with van der Waals surface area (Å²) in [6.45, 7) is 0. The molecule has 0 bridgehead atoms. The molecule has 2 rings (SSSR count). The number of nitrogens with two attached hydrogens (primary N) is 1. The maximum absolute atomic E-state index is 8.99. The minimum absolute atomic E-state index is 0.392. The van der Waals surface area contributed by atoms with Crippen molar-refractivity contribution in [2.24, 2.45) is 0 Å². The number of benzene rings is 1. The van der Waals surface area contributed by atoms with Gasteiger partial charge in [-0.2, -0.15) is 5.26 Å². The summed E-state index contributed by atoms with van der Waals surface area (Å²) in [5, 5.41) is 9.38. The van der Waals surface area contributed by atoms with Crippen LogP contribution in [0.5, 0.6) is 5.75 Å². The van der Waals surface area contributed by atoms with Crippen LogP contribution in [0, 0.1) is 11.3 Å². The van der Waals surface area contributed by atoms with Gasteiger partial charge in [0.15, 0.2) is 5.13 Å². The SMILES string of the molecule is COc1ccc(-c2nc(N)sc2C#N)cc1Br. The summed E-state index contributed by atoms with van der Waals surface area (Å²) in [5.41, 5.74) is 7.05. The average molecular weight is 310 g/mol. The molecule has 86 valence electrons. The number of aromatic nitrogens is 1. The zero-order valence-corrected chi connectivity index (χ0v) is 11.3. The van der Waals surface area contributed by atoms with Gasteiger partial charge in [-0.3, -0.25) is 0 Å². The van der Waals surface area contributed by atoms with Gasteiger partial charge >= 0.3 is 0 Å². The largest absolute Gasteiger partial charge is 0.496 e. The van der Waals surface area contributed by atoms with E-state index in [1.165, 1.54) is 11.3 Å². The Morgan fingerprint density at radius 3 is 2.88 bits per heavy atom. The second kappa shape index (κ2) is 4.73. The Balaban J connectivity index is 2.54. The predicted octanol–water partition coefficient (Wildman–Crippen LogP) is 3.04. The molecule has 0 saturated heterocycles. The fourth-order valence-corrected chi connectivity index (χ4v) is 2.61. The molecule has 0 spiro atoms. The summed E-state index contributed by atoms with van der Waals surface area (Å²) >= 11 is 4.58. The summed E-state index contributed by atoms with van der Waals surface area (Å²) in [6, 6.07) is 7.61. The molecule has 1 aromatic heterocycles. The number of rotatable bonds is 2. The maximum atomic E-state index is 8.99. The highest BCUT2D eigenvalue weighted by molar-refractivity contribution is 9.10. The molecule has 2 N–H and O–H groups in total. The van der Waals surface area contributed by atoms with Crippen LogP contribution in [0.25, 0.3) is 11.3 Å². The minimum atomic E-state index is 0.392. The fraction of sp³-hybridized carbons (Fsp3) is 0.0909. The molecular weight excluding hydrogens is 302 g/mol. The van der Waals surface area contributed by atoms with Gasteiger partial charge in [-0.1, -0.05) is 11.3 Å². The van der Waals surface area contributed by atoms with Crippen molar-refractivity contribution in [1.29, 1.82) is 5.26 Å². The highest BCUT2D eigenvalue weighted by atomic mass is 79.9. The van der Waals surface area contributed by atoms with Gasteiger partial charge in [-0.15, -0.1) is 0 Å². The van der Waals surface area contributed by atoms with E-state index in [1.54, 1.807) is 7.11 Å². The first-order valence-corrected chi connectivity index (χ1v) is 6.27. The molecular formula is C11H8BrN3OS. The number of halogens is 1. The summed E-state index contributed by atoms with van der Waals surface area (Å²) in [7, 11) is 1.60. The second-order valence-corrected chi connectivity index (χ2v) is 5.08. The fourth-order valence-electron chi connectivity index (χ4n) is 1.42. The third-order valence-corrected chi connectivity index (χ3v) is 3.58. The van der Waals surface area contributed by atoms with E-state index in [9.17, 15) is 0 Å². The van der Waals surface area contributed by atoms with Crippen molar-refractivity contribution in [3.05, 3.63) is 27.5 Å². The number of hydrogen-bond acceptors (Lipinski definition) is 5. The molecule has 4 nitrogen and oxygen atoms in total. The minimum Gasteiger partial charge on any atom is -0.496 e. The standard InChI is InChI=1S/C11H8BrN3OS/c1-16-8-3-2-6(4-7(8)12)10-9(5-13)17-11(14)15-10/h2-4H,1H3,(H2,14,15). The average Bonchev–Trinajstić information content (AvgIpc) is 2.70. The van der Waals surface area contributed by atoms with E-state index in [4.69, 9.17) is 15.7 Å². The highest BCUT2D eigenvalue weighted by Gasteiger charge is 2.12. The van der Waals surface area contributed by atoms with Crippen LogP contribution in [-0.2, 0) is 0 Å². The topological polar surface area (TPSA) is 71.9 Å². The quantitative estimate of drug-likeness (QED) is 0.925. The van der Waals surface area contributed by atoms with Crippen LogP contribution >= 0.6 is 27.3 Å². The molecule has 0 radical (unpaired) electrons. The first-order chi connectivity index (χ1) is 8.15. The van der Waals surface area contributed by atoms with Gasteiger partial charge in [0.25, 0.3) is 0 Å². The van der Waals surface area contributed by atoms with E-state index in [1.807, 2.05) is 18.2 Å². The zero-order chi connectivity index (χ0) is 12.4. The van der Waals surface area contributed by atoms with Gasteiger partial charge in [-0.05, 0) is 34.1 Å². The molecule has 0 aliphatic rings. The molecule has 0 aliphatic heterocycles. The summed E-state index contributed by atoms with van der Waals surface area (Å²) < 4.78 is 5.96.